The average molecular weight is 284 g/mol. The Labute approximate surface area is 114 Å². The fourth-order valence-electron chi connectivity index (χ4n) is 1.53. The molecule has 1 amide bonds. The van der Waals surface area contributed by atoms with Gasteiger partial charge >= 0.3 is 0 Å². The van der Waals surface area contributed by atoms with Crippen molar-refractivity contribution in [1.82, 2.24) is 5.32 Å². The number of hydrogen-bond donors (Lipinski definition) is 2. The molecule has 0 radical (unpaired) electrons. The van der Waals surface area contributed by atoms with Gasteiger partial charge in [-0.2, -0.15) is 0 Å². The monoisotopic (exact) mass is 284 g/mol. The number of carbonyl (C=O) groups excluding carboxylic acids is 1. The highest BCUT2D eigenvalue weighted by molar-refractivity contribution is 7.92. The molecule has 0 saturated carbocycles. The number of anilines is 1. The van der Waals surface area contributed by atoms with Crippen molar-refractivity contribution in [3.63, 3.8) is 0 Å². The quantitative estimate of drug-likeness (QED) is 0.838. The fourth-order valence-corrected chi connectivity index (χ4v) is 2.67. The van der Waals surface area contributed by atoms with Crippen molar-refractivity contribution in [3.8, 4) is 0 Å². The summed E-state index contributed by atoms with van der Waals surface area (Å²) in [6, 6.07) is 6.43. The van der Waals surface area contributed by atoms with Gasteiger partial charge in [-0.25, -0.2) is 8.42 Å². The van der Waals surface area contributed by atoms with Crippen LogP contribution in [0.3, 0.4) is 0 Å². The molecule has 0 fully saturated rings. The van der Waals surface area contributed by atoms with Gasteiger partial charge in [0.1, 0.15) is 0 Å². The summed E-state index contributed by atoms with van der Waals surface area (Å²) in [4.78, 5) is 11.7. The van der Waals surface area contributed by atoms with Crippen LogP contribution in [0, 0.1) is 0 Å². The minimum atomic E-state index is -3.29. The molecule has 0 saturated heterocycles. The summed E-state index contributed by atoms with van der Waals surface area (Å²) in [7, 11) is -3.29. The van der Waals surface area contributed by atoms with Crippen molar-refractivity contribution in [2.75, 3.05) is 10.5 Å². The van der Waals surface area contributed by atoms with E-state index in [2.05, 4.69) is 10.0 Å². The summed E-state index contributed by atoms with van der Waals surface area (Å²) in [5.74, 6) is -0.0827. The third-order valence-corrected chi connectivity index (χ3v) is 3.81. The first-order valence-electron chi connectivity index (χ1n) is 6.25. The van der Waals surface area contributed by atoms with Crippen LogP contribution in [0.5, 0.6) is 0 Å². The fraction of sp³-hybridized carbons (Fsp3) is 0.462. The van der Waals surface area contributed by atoms with E-state index in [9.17, 15) is 13.2 Å². The van der Waals surface area contributed by atoms with E-state index in [1.807, 2.05) is 13.8 Å². The smallest absolute Gasteiger partial charge is 0.251 e. The van der Waals surface area contributed by atoms with Crippen molar-refractivity contribution in [1.29, 1.82) is 0 Å². The molecule has 0 aliphatic carbocycles. The molecule has 0 aliphatic heterocycles. The molecule has 2 N–H and O–H groups in total. The summed E-state index contributed by atoms with van der Waals surface area (Å²) < 4.78 is 25.6. The molecule has 0 bridgehead atoms. The van der Waals surface area contributed by atoms with E-state index in [1.54, 1.807) is 31.2 Å². The van der Waals surface area contributed by atoms with E-state index in [-0.39, 0.29) is 17.7 Å². The van der Waals surface area contributed by atoms with Crippen LogP contribution in [-0.2, 0) is 10.0 Å². The van der Waals surface area contributed by atoms with Crippen molar-refractivity contribution in [2.24, 2.45) is 0 Å². The molecule has 106 valence electrons. The normalized spacial score (nSPS) is 11.4. The second kappa shape index (κ2) is 6.56. The Morgan fingerprint density at radius 1 is 1.21 bits per heavy atom. The second-order valence-corrected chi connectivity index (χ2v) is 6.47. The lowest BCUT2D eigenvalue weighted by molar-refractivity contribution is 0.0943. The number of amides is 1. The van der Waals surface area contributed by atoms with Crippen LogP contribution < -0.4 is 10.0 Å². The highest BCUT2D eigenvalue weighted by Crippen LogP contribution is 2.12. The highest BCUT2D eigenvalue weighted by Gasteiger charge is 2.10. The van der Waals surface area contributed by atoms with E-state index < -0.39 is 10.0 Å². The van der Waals surface area contributed by atoms with Crippen LogP contribution in [0.2, 0.25) is 0 Å². The summed E-state index contributed by atoms with van der Waals surface area (Å²) in [6.45, 7) is 5.56. The molecule has 1 rings (SSSR count). The first-order valence-corrected chi connectivity index (χ1v) is 7.90. The second-order valence-electron chi connectivity index (χ2n) is 4.63. The Morgan fingerprint density at radius 3 is 2.26 bits per heavy atom. The summed E-state index contributed by atoms with van der Waals surface area (Å²) >= 11 is 0. The molecule has 0 aliphatic rings. The number of hydrogen-bond acceptors (Lipinski definition) is 3. The maximum atomic E-state index is 11.7. The van der Waals surface area contributed by atoms with Gasteiger partial charge in [-0.15, -0.1) is 0 Å². The lowest BCUT2D eigenvalue weighted by Crippen LogP contribution is -2.30. The first kappa shape index (κ1) is 15.5. The van der Waals surface area contributed by atoms with Crippen molar-refractivity contribution < 1.29 is 13.2 Å². The Hall–Kier alpha value is -1.56. The van der Waals surface area contributed by atoms with E-state index in [0.717, 1.165) is 0 Å². The molecule has 1 aromatic rings. The lowest BCUT2D eigenvalue weighted by Gasteiger charge is -2.10. The van der Waals surface area contributed by atoms with Crippen LogP contribution in [0.15, 0.2) is 24.3 Å². The van der Waals surface area contributed by atoms with Gasteiger partial charge in [0.05, 0.1) is 5.75 Å². The number of carbonyl (C=O) groups is 1. The third-order valence-electron chi connectivity index (χ3n) is 2.31. The molecule has 6 heteroatoms. The average Bonchev–Trinajstić information content (AvgIpc) is 2.28. The van der Waals surface area contributed by atoms with Crippen molar-refractivity contribution >= 4 is 21.6 Å². The molecular formula is C13H20N2O3S. The molecule has 0 aromatic heterocycles. The van der Waals surface area contributed by atoms with Gasteiger partial charge in [0.2, 0.25) is 10.0 Å². The molecule has 1 aromatic carbocycles. The Morgan fingerprint density at radius 2 is 1.79 bits per heavy atom. The van der Waals surface area contributed by atoms with E-state index >= 15 is 0 Å². The van der Waals surface area contributed by atoms with Gasteiger partial charge in [0.25, 0.3) is 5.91 Å². The SMILES string of the molecule is CCCS(=O)(=O)Nc1ccc(C(=O)NC(C)C)cc1. The van der Waals surface area contributed by atoms with Gasteiger partial charge < -0.3 is 5.32 Å². The Balaban J connectivity index is 2.74. The van der Waals surface area contributed by atoms with Crippen LogP contribution in [0.1, 0.15) is 37.6 Å². The highest BCUT2D eigenvalue weighted by atomic mass is 32.2. The first-order chi connectivity index (χ1) is 8.84. The number of sulfonamides is 1. The Bertz CT molecular complexity index is 521. The van der Waals surface area contributed by atoms with E-state index in [4.69, 9.17) is 0 Å². The zero-order chi connectivity index (χ0) is 14.5. The number of nitrogens with one attached hydrogen (secondary N) is 2. The van der Waals surface area contributed by atoms with Crippen LogP contribution in [-0.4, -0.2) is 26.1 Å². The molecular weight excluding hydrogens is 264 g/mol. The molecule has 0 unspecified atom stereocenters. The van der Waals surface area contributed by atoms with Crippen molar-refractivity contribution in [3.05, 3.63) is 29.8 Å². The summed E-state index contributed by atoms with van der Waals surface area (Å²) in [6.07, 6.45) is 0.560. The van der Waals surface area contributed by atoms with E-state index in [1.165, 1.54) is 0 Å². The number of rotatable bonds is 6. The lowest BCUT2D eigenvalue weighted by atomic mass is 10.2. The minimum absolute atomic E-state index is 0.0650. The zero-order valence-electron chi connectivity index (χ0n) is 11.4. The molecule has 0 atom stereocenters. The largest absolute Gasteiger partial charge is 0.350 e. The maximum Gasteiger partial charge on any atom is 0.251 e. The number of benzene rings is 1. The van der Waals surface area contributed by atoms with Gasteiger partial charge in [-0.05, 0) is 44.5 Å². The maximum absolute atomic E-state index is 11.7. The predicted octanol–water partition coefficient (Wildman–Crippen LogP) is 1.98. The molecule has 19 heavy (non-hydrogen) atoms. The summed E-state index contributed by atoms with van der Waals surface area (Å²) in [5.41, 5.74) is 0.974. The molecule has 5 nitrogen and oxygen atoms in total. The molecule has 0 heterocycles. The van der Waals surface area contributed by atoms with Gasteiger partial charge in [0, 0.05) is 17.3 Å². The third kappa shape index (κ3) is 5.30. The Kier molecular flexibility index (Phi) is 5.35. The van der Waals surface area contributed by atoms with Gasteiger partial charge in [-0.1, -0.05) is 6.92 Å². The standard InChI is InChI=1S/C13H20N2O3S/c1-4-9-19(17,18)15-12-7-5-11(6-8-12)13(16)14-10(2)3/h5-8,10,15H,4,9H2,1-3H3,(H,14,16). The van der Waals surface area contributed by atoms with Gasteiger partial charge in [-0.3, -0.25) is 9.52 Å². The minimum Gasteiger partial charge on any atom is -0.350 e. The molecule has 0 spiro atoms. The summed E-state index contributed by atoms with van der Waals surface area (Å²) in [5, 5.41) is 2.77. The zero-order valence-corrected chi connectivity index (χ0v) is 12.3. The topological polar surface area (TPSA) is 75.3 Å². The van der Waals surface area contributed by atoms with Crippen molar-refractivity contribution in [2.45, 2.75) is 33.2 Å². The van der Waals surface area contributed by atoms with Crippen LogP contribution in [0.25, 0.3) is 0 Å². The van der Waals surface area contributed by atoms with E-state index in [0.29, 0.717) is 17.7 Å². The van der Waals surface area contributed by atoms with Gasteiger partial charge in [0.15, 0.2) is 0 Å². The van der Waals surface area contributed by atoms with Crippen LogP contribution >= 0.6 is 0 Å². The predicted molar refractivity (Wildman–Crippen MR) is 76.7 cm³/mol. The van der Waals surface area contributed by atoms with Crippen LogP contribution in [0.4, 0.5) is 5.69 Å².